The van der Waals surface area contributed by atoms with Crippen molar-refractivity contribution in [1.29, 1.82) is 0 Å². The number of furan rings is 1. The summed E-state index contributed by atoms with van der Waals surface area (Å²) in [5.74, 6) is 0.596. The van der Waals surface area contributed by atoms with Crippen molar-refractivity contribution in [2.45, 2.75) is 20.4 Å². The molecule has 2 aromatic heterocycles. The molecule has 2 aromatic rings. The van der Waals surface area contributed by atoms with Gasteiger partial charge in [-0.2, -0.15) is 0 Å². The van der Waals surface area contributed by atoms with Gasteiger partial charge in [-0.1, -0.05) is 6.07 Å². The van der Waals surface area contributed by atoms with Crippen LogP contribution in [0.5, 0.6) is 0 Å². The zero-order valence-electron chi connectivity index (χ0n) is 9.24. The van der Waals surface area contributed by atoms with Gasteiger partial charge in [0.1, 0.15) is 5.76 Å². The van der Waals surface area contributed by atoms with Crippen molar-refractivity contribution in [3.8, 4) is 0 Å². The minimum absolute atomic E-state index is 0.0721. The minimum atomic E-state index is -0.0721. The van der Waals surface area contributed by atoms with E-state index in [1.54, 1.807) is 24.5 Å². The summed E-state index contributed by atoms with van der Waals surface area (Å²) < 4.78 is 5.20. The highest BCUT2D eigenvalue weighted by Gasteiger charge is 2.14. The Morgan fingerprint density at radius 2 is 2.31 bits per heavy atom. The molecule has 2 rings (SSSR count). The van der Waals surface area contributed by atoms with Crippen LogP contribution in [0.15, 0.2) is 28.2 Å². The van der Waals surface area contributed by atoms with E-state index in [2.05, 4.69) is 5.32 Å². The summed E-state index contributed by atoms with van der Waals surface area (Å²) >= 11 is 1.63. The molecule has 0 atom stereocenters. The maximum Gasteiger partial charge on any atom is 0.255 e. The summed E-state index contributed by atoms with van der Waals surface area (Å²) in [5, 5.41) is 4.88. The summed E-state index contributed by atoms with van der Waals surface area (Å²) in [5.41, 5.74) is 1.53. The van der Waals surface area contributed by atoms with Crippen LogP contribution >= 0.6 is 11.3 Å². The van der Waals surface area contributed by atoms with E-state index >= 15 is 0 Å². The highest BCUT2D eigenvalue weighted by atomic mass is 32.1. The lowest BCUT2D eigenvalue weighted by atomic mass is 10.1. The first-order chi connectivity index (χ1) is 7.68. The van der Waals surface area contributed by atoms with Crippen LogP contribution in [0.3, 0.4) is 0 Å². The molecule has 0 spiro atoms. The number of aryl methyl sites for hydroxylation is 2. The molecule has 2 heterocycles. The highest BCUT2D eigenvalue weighted by molar-refractivity contribution is 7.09. The largest absolute Gasteiger partial charge is 0.469 e. The van der Waals surface area contributed by atoms with Gasteiger partial charge in [-0.3, -0.25) is 4.79 Å². The third kappa shape index (κ3) is 2.17. The lowest BCUT2D eigenvalue weighted by Crippen LogP contribution is -2.23. The molecule has 0 saturated carbocycles. The summed E-state index contributed by atoms with van der Waals surface area (Å²) in [4.78, 5) is 13.0. The standard InChI is InChI=1S/C12H13NO2S/c1-8-7-15-9(2)11(8)12(14)13-6-10-4-3-5-16-10/h3-5,7H,6H2,1-2H3,(H,13,14). The molecular weight excluding hydrogens is 222 g/mol. The number of carbonyl (C=O) groups excluding carboxylic acids is 1. The lowest BCUT2D eigenvalue weighted by molar-refractivity contribution is 0.0949. The van der Waals surface area contributed by atoms with Gasteiger partial charge >= 0.3 is 0 Å². The molecule has 0 unspecified atom stereocenters. The van der Waals surface area contributed by atoms with E-state index in [4.69, 9.17) is 4.42 Å². The van der Waals surface area contributed by atoms with Crippen molar-refractivity contribution >= 4 is 17.2 Å². The van der Waals surface area contributed by atoms with Crippen LogP contribution in [0.25, 0.3) is 0 Å². The zero-order valence-corrected chi connectivity index (χ0v) is 10.1. The Balaban J connectivity index is 2.04. The fourth-order valence-corrected chi connectivity index (χ4v) is 2.22. The second-order valence-electron chi connectivity index (χ2n) is 3.61. The Morgan fingerprint density at radius 3 is 2.88 bits per heavy atom. The van der Waals surface area contributed by atoms with Crippen molar-refractivity contribution < 1.29 is 9.21 Å². The minimum Gasteiger partial charge on any atom is -0.469 e. The summed E-state index contributed by atoms with van der Waals surface area (Å²) in [6.07, 6.45) is 1.61. The average molecular weight is 235 g/mol. The summed E-state index contributed by atoms with van der Waals surface area (Å²) in [7, 11) is 0. The number of thiophene rings is 1. The topological polar surface area (TPSA) is 42.2 Å². The Hall–Kier alpha value is -1.55. The number of hydrogen-bond acceptors (Lipinski definition) is 3. The van der Waals surface area contributed by atoms with Crippen molar-refractivity contribution in [2.24, 2.45) is 0 Å². The quantitative estimate of drug-likeness (QED) is 0.888. The number of amides is 1. The van der Waals surface area contributed by atoms with Crippen LogP contribution in [0.1, 0.15) is 26.6 Å². The van der Waals surface area contributed by atoms with Crippen molar-refractivity contribution in [2.75, 3.05) is 0 Å². The second kappa shape index (κ2) is 4.53. The Labute approximate surface area is 98.1 Å². The third-order valence-electron chi connectivity index (χ3n) is 2.39. The van der Waals surface area contributed by atoms with E-state index in [0.29, 0.717) is 17.9 Å². The number of rotatable bonds is 3. The predicted octanol–water partition coefficient (Wildman–Crippen LogP) is 2.89. The fourth-order valence-electron chi connectivity index (χ4n) is 1.58. The molecule has 0 fully saturated rings. The lowest BCUT2D eigenvalue weighted by Gasteiger charge is -2.03. The van der Waals surface area contributed by atoms with Gasteiger partial charge in [0.05, 0.1) is 18.4 Å². The fraction of sp³-hybridized carbons (Fsp3) is 0.250. The molecule has 0 aromatic carbocycles. The second-order valence-corrected chi connectivity index (χ2v) is 4.64. The Bertz CT molecular complexity index is 466. The number of nitrogens with one attached hydrogen (secondary N) is 1. The van der Waals surface area contributed by atoms with Gasteiger partial charge in [0, 0.05) is 10.4 Å². The monoisotopic (exact) mass is 235 g/mol. The van der Waals surface area contributed by atoms with Crippen LogP contribution < -0.4 is 5.32 Å². The molecule has 4 heteroatoms. The molecule has 0 aliphatic rings. The molecule has 0 radical (unpaired) electrons. The van der Waals surface area contributed by atoms with Gasteiger partial charge in [-0.15, -0.1) is 11.3 Å². The van der Waals surface area contributed by atoms with Crippen LogP contribution in [-0.4, -0.2) is 5.91 Å². The molecule has 0 saturated heterocycles. The van der Waals surface area contributed by atoms with E-state index in [-0.39, 0.29) is 5.91 Å². The van der Waals surface area contributed by atoms with Crippen molar-refractivity contribution in [3.63, 3.8) is 0 Å². The molecular formula is C12H13NO2S. The summed E-state index contributed by atoms with van der Waals surface area (Å²) in [6, 6.07) is 3.97. The van der Waals surface area contributed by atoms with Crippen LogP contribution in [0.2, 0.25) is 0 Å². The maximum absolute atomic E-state index is 11.9. The maximum atomic E-state index is 11.9. The highest BCUT2D eigenvalue weighted by Crippen LogP contribution is 2.15. The first kappa shape index (κ1) is 11.0. The first-order valence-electron chi connectivity index (χ1n) is 5.03. The normalized spacial score (nSPS) is 10.4. The van der Waals surface area contributed by atoms with E-state index in [0.717, 1.165) is 10.4 Å². The van der Waals surface area contributed by atoms with E-state index < -0.39 is 0 Å². The number of hydrogen-bond donors (Lipinski definition) is 1. The van der Waals surface area contributed by atoms with Crippen LogP contribution in [0.4, 0.5) is 0 Å². The van der Waals surface area contributed by atoms with Crippen LogP contribution in [0, 0.1) is 13.8 Å². The molecule has 16 heavy (non-hydrogen) atoms. The Morgan fingerprint density at radius 1 is 1.50 bits per heavy atom. The molecule has 1 amide bonds. The van der Waals surface area contributed by atoms with E-state index in [1.807, 2.05) is 24.4 Å². The third-order valence-corrected chi connectivity index (χ3v) is 3.27. The predicted molar refractivity (Wildman–Crippen MR) is 63.7 cm³/mol. The number of carbonyl (C=O) groups is 1. The van der Waals surface area contributed by atoms with Gasteiger partial charge in [0.15, 0.2) is 0 Å². The van der Waals surface area contributed by atoms with Crippen LogP contribution in [-0.2, 0) is 6.54 Å². The summed E-state index contributed by atoms with van der Waals surface area (Å²) in [6.45, 7) is 4.24. The van der Waals surface area contributed by atoms with E-state index in [1.165, 1.54) is 0 Å². The zero-order chi connectivity index (χ0) is 11.5. The molecule has 1 N–H and O–H groups in total. The van der Waals surface area contributed by atoms with Crippen molar-refractivity contribution in [1.82, 2.24) is 5.32 Å². The van der Waals surface area contributed by atoms with Gasteiger partial charge in [-0.25, -0.2) is 0 Å². The smallest absolute Gasteiger partial charge is 0.255 e. The van der Waals surface area contributed by atoms with Gasteiger partial charge in [0.25, 0.3) is 5.91 Å². The average Bonchev–Trinajstić information content (AvgIpc) is 2.86. The van der Waals surface area contributed by atoms with E-state index in [9.17, 15) is 4.79 Å². The SMILES string of the molecule is Cc1coc(C)c1C(=O)NCc1cccs1. The molecule has 3 nitrogen and oxygen atoms in total. The Kier molecular flexibility index (Phi) is 3.10. The molecule has 0 bridgehead atoms. The van der Waals surface area contributed by atoms with Gasteiger partial charge < -0.3 is 9.73 Å². The van der Waals surface area contributed by atoms with Gasteiger partial charge in [-0.05, 0) is 25.3 Å². The molecule has 84 valence electrons. The first-order valence-corrected chi connectivity index (χ1v) is 5.91. The molecule has 0 aliphatic carbocycles. The van der Waals surface area contributed by atoms with Gasteiger partial charge in [0.2, 0.25) is 0 Å². The molecule has 0 aliphatic heterocycles. The van der Waals surface area contributed by atoms with Crippen molar-refractivity contribution in [3.05, 3.63) is 45.5 Å².